The first-order valence-corrected chi connectivity index (χ1v) is 9.59. The largest absolute Gasteiger partial charge is 0.453 e. The maximum absolute atomic E-state index is 14.4. The minimum atomic E-state index is -0.646. The molecular weight excluding hydrogens is 384 g/mol. The molecule has 1 aliphatic rings. The molecule has 1 aliphatic heterocycles. The molecule has 1 aromatic rings. The zero-order valence-corrected chi connectivity index (χ0v) is 17.3. The number of amides is 2. The lowest BCUT2D eigenvalue weighted by Gasteiger charge is -2.40. The molecule has 1 aromatic carbocycles. The lowest BCUT2D eigenvalue weighted by atomic mass is 10.00. The maximum atomic E-state index is 14.4. The summed E-state index contributed by atoms with van der Waals surface area (Å²) >= 11 is 0. The van der Waals surface area contributed by atoms with E-state index in [9.17, 15) is 18.4 Å². The quantitative estimate of drug-likeness (QED) is 0.802. The third kappa shape index (κ3) is 6.85. The molecule has 0 bridgehead atoms. The molecular formula is C20H29F2N3O4. The van der Waals surface area contributed by atoms with E-state index in [0.717, 1.165) is 6.07 Å². The lowest BCUT2D eigenvalue weighted by Crippen LogP contribution is -2.51. The van der Waals surface area contributed by atoms with Gasteiger partial charge in [0.15, 0.2) is 0 Å². The Bertz CT molecular complexity index is 716. The zero-order chi connectivity index (χ0) is 21.6. The molecule has 1 unspecified atom stereocenters. The van der Waals surface area contributed by atoms with Crippen LogP contribution in [0.15, 0.2) is 18.2 Å². The minimum absolute atomic E-state index is 0.264. The number of methoxy groups -OCH3 is 1. The van der Waals surface area contributed by atoms with Gasteiger partial charge >= 0.3 is 12.2 Å². The SMILES string of the molecule is COC(=O)NCCC(c1ccc(F)cc1F)N1CCN(C(=O)OC(C)(C)C)CC1. The van der Waals surface area contributed by atoms with Crippen LogP contribution in [0.5, 0.6) is 0 Å². The Morgan fingerprint density at radius 2 is 1.83 bits per heavy atom. The number of benzene rings is 1. The molecule has 7 nitrogen and oxygen atoms in total. The molecule has 1 heterocycles. The van der Waals surface area contributed by atoms with Gasteiger partial charge in [-0.2, -0.15) is 0 Å². The summed E-state index contributed by atoms with van der Waals surface area (Å²) in [5.41, 5.74) is -0.225. The summed E-state index contributed by atoms with van der Waals surface area (Å²) in [5, 5.41) is 2.59. The average molecular weight is 413 g/mol. The molecule has 9 heteroatoms. The first-order chi connectivity index (χ1) is 13.6. The van der Waals surface area contributed by atoms with E-state index < -0.39 is 23.3 Å². The van der Waals surface area contributed by atoms with E-state index in [0.29, 0.717) is 38.2 Å². The predicted octanol–water partition coefficient (Wildman–Crippen LogP) is 3.30. The molecule has 0 radical (unpaired) electrons. The van der Waals surface area contributed by atoms with Crippen LogP contribution in [0.2, 0.25) is 0 Å². The normalized spacial score (nSPS) is 16.3. The van der Waals surface area contributed by atoms with E-state index in [1.165, 1.54) is 19.2 Å². The number of nitrogens with zero attached hydrogens (tertiary/aromatic N) is 2. The van der Waals surface area contributed by atoms with Crippen LogP contribution in [-0.4, -0.2) is 67.4 Å². The highest BCUT2D eigenvalue weighted by Gasteiger charge is 2.30. The highest BCUT2D eigenvalue weighted by molar-refractivity contribution is 5.68. The van der Waals surface area contributed by atoms with Gasteiger partial charge in [0.2, 0.25) is 0 Å². The number of ether oxygens (including phenoxy) is 2. The van der Waals surface area contributed by atoms with Gasteiger partial charge in [-0.05, 0) is 33.3 Å². The molecule has 0 saturated carbocycles. The zero-order valence-electron chi connectivity index (χ0n) is 17.3. The molecule has 162 valence electrons. The second-order valence-electron chi connectivity index (χ2n) is 7.89. The van der Waals surface area contributed by atoms with Crippen LogP contribution in [0, 0.1) is 11.6 Å². The molecule has 1 saturated heterocycles. The van der Waals surface area contributed by atoms with Gasteiger partial charge in [-0.1, -0.05) is 6.07 Å². The number of carbonyl (C=O) groups excluding carboxylic acids is 2. The molecule has 29 heavy (non-hydrogen) atoms. The van der Waals surface area contributed by atoms with E-state index in [1.807, 2.05) is 25.7 Å². The van der Waals surface area contributed by atoms with Gasteiger partial charge in [0.05, 0.1) is 7.11 Å². The first kappa shape index (κ1) is 22.9. The molecule has 1 atom stereocenters. The van der Waals surface area contributed by atoms with Gasteiger partial charge in [-0.25, -0.2) is 18.4 Å². The van der Waals surface area contributed by atoms with Crippen LogP contribution in [0.25, 0.3) is 0 Å². The number of rotatable bonds is 5. The smallest absolute Gasteiger partial charge is 0.410 e. The third-order valence-corrected chi connectivity index (χ3v) is 4.60. The maximum Gasteiger partial charge on any atom is 0.410 e. The van der Waals surface area contributed by atoms with Crippen molar-refractivity contribution < 1.29 is 27.8 Å². The van der Waals surface area contributed by atoms with Crippen LogP contribution in [0.3, 0.4) is 0 Å². The summed E-state index contributed by atoms with van der Waals surface area (Å²) in [5.74, 6) is -1.28. The molecule has 0 aromatic heterocycles. The van der Waals surface area contributed by atoms with Crippen molar-refractivity contribution in [1.29, 1.82) is 0 Å². The Balaban J connectivity index is 2.07. The van der Waals surface area contributed by atoms with E-state index in [1.54, 1.807) is 4.90 Å². The van der Waals surface area contributed by atoms with Crippen LogP contribution in [0.1, 0.15) is 38.8 Å². The average Bonchev–Trinajstić information content (AvgIpc) is 2.64. The fourth-order valence-corrected chi connectivity index (χ4v) is 3.23. The summed E-state index contributed by atoms with van der Waals surface area (Å²) in [4.78, 5) is 27.2. The van der Waals surface area contributed by atoms with E-state index in [4.69, 9.17) is 4.74 Å². The van der Waals surface area contributed by atoms with Crippen molar-refractivity contribution in [3.05, 3.63) is 35.4 Å². The fraction of sp³-hybridized carbons (Fsp3) is 0.600. The Morgan fingerprint density at radius 3 is 2.38 bits per heavy atom. The third-order valence-electron chi connectivity index (χ3n) is 4.60. The van der Waals surface area contributed by atoms with Crippen LogP contribution in [0.4, 0.5) is 18.4 Å². The van der Waals surface area contributed by atoms with Gasteiger partial charge in [0, 0.05) is 50.4 Å². The Hall–Kier alpha value is -2.42. The van der Waals surface area contributed by atoms with Gasteiger partial charge in [0.1, 0.15) is 17.2 Å². The number of alkyl carbamates (subject to hydrolysis) is 1. The van der Waals surface area contributed by atoms with Gasteiger partial charge in [0.25, 0.3) is 0 Å². The van der Waals surface area contributed by atoms with Crippen molar-refractivity contribution in [3.8, 4) is 0 Å². The van der Waals surface area contributed by atoms with E-state index in [2.05, 4.69) is 10.1 Å². The van der Waals surface area contributed by atoms with Crippen molar-refractivity contribution in [2.45, 2.75) is 38.8 Å². The summed E-state index contributed by atoms with van der Waals surface area (Å²) in [6.07, 6.45) is -0.545. The molecule has 0 spiro atoms. The summed E-state index contributed by atoms with van der Waals surface area (Å²) in [6, 6.07) is 3.12. The van der Waals surface area contributed by atoms with E-state index in [-0.39, 0.29) is 18.7 Å². The highest BCUT2D eigenvalue weighted by atomic mass is 19.1. The molecule has 1 fully saturated rings. The van der Waals surface area contributed by atoms with Crippen molar-refractivity contribution in [3.63, 3.8) is 0 Å². The van der Waals surface area contributed by atoms with E-state index >= 15 is 0 Å². The monoisotopic (exact) mass is 413 g/mol. The second-order valence-corrected chi connectivity index (χ2v) is 7.89. The van der Waals surface area contributed by atoms with Crippen LogP contribution >= 0.6 is 0 Å². The first-order valence-electron chi connectivity index (χ1n) is 9.59. The van der Waals surface area contributed by atoms with Crippen molar-refractivity contribution in [1.82, 2.24) is 15.1 Å². The Kier molecular flexibility index (Phi) is 7.78. The number of hydrogen-bond acceptors (Lipinski definition) is 5. The Morgan fingerprint density at radius 1 is 1.17 bits per heavy atom. The topological polar surface area (TPSA) is 71.1 Å². The van der Waals surface area contributed by atoms with Crippen molar-refractivity contribution in [2.75, 3.05) is 39.8 Å². The summed E-state index contributed by atoms with van der Waals surface area (Å²) in [7, 11) is 1.27. The highest BCUT2D eigenvalue weighted by Crippen LogP contribution is 2.28. The molecule has 2 rings (SSSR count). The number of piperazine rings is 1. The van der Waals surface area contributed by atoms with Gasteiger partial charge < -0.3 is 19.7 Å². The second kappa shape index (κ2) is 9.87. The number of carbonyl (C=O) groups is 2. The number of halogens is 2. The minimum Gasteiger partial charge on any atom is -0.453 e. The Labute approximate surface area is 169 Å². The predicted molar refractivity (Wildman–Crippen MR) is 104 cm³/mol. The fourth-order valence-electron chi connectivity index (χ4n) is 3.23. The molecule has 1 N–H and O–H groups in total. The standard InChI is InChI=1S/C20H29F2N3O4/c1-20(2,3)29-19(27)25-11-9-24(10-12-25)17(7-8-23-18(26)28-4)15-6-5-14(21)13-16(15)22/h5-6,13,17H,7-12H2,1-4H3,(H,23,26). The lowest BCUT2D eigenvalue weighted by molar-refractivity contribution is 0.00950. The molecule has 2 amide bonds. The van der Waals surface area contributed by atoms with Crippen LogP contribution < -0.4 is 5.32 Å². The summed E-state index contributed by atoms with van der Waals surface area (Å²) in [6.45, 7) is 7.55. The molecule has 0 aliphatic carbocycles. The summed E-state index contributed by atoms with van der Waals surface area (Å²) < 4.78 is 37.7. The van der Waals surface area contributed by atoms with Gasteiger partial charge in [-0.3, -0.25) is 4.90 Å². The number of hydrogen-bond donors (Lipinski definition) is 1. The van der Waals surface area contributed by atoms with Gasteiger partial charge in [-0.15, -0.1) is 0 Å². The van der Waals surface area contributed by atoms with Crippen molar-refractivity contribution in [2.24, 2.45) is 0 Å². The van der Waals surface area contributed by atoms with Crippen LogP contribution in [-0.2, 0) is 9.47 Å². The number of nitrogens with one attached hydrogen (secondary N) is 1. The van der Waals surface area contributed by atoms with Crippen molar-refractivity contribution >= 4 is 12.2 Å².